The third kappa shape index (κ3) is 4.47. The van der Waals surface area contributed by atoms with Gasteiger partial charge in [-0.05, 0) is 37.1 Å². The summed E-state index contributed by atoms with van der Waals surface area (Å²) in [5, 5.41) is 1.06. The number of primary amides is 1. The molecule has 0 aliphatic carbocycles. The minimum Gasteiger partial charge on any atom is -0.493 e. The Morgan fingerprint density at radius 3 is 2.56 bits per heavy atom. The van der Waals surface area contributed by atoms with Crippen LogP contribution in [0.3, 0.4) is 0 Å². The Morgan fingerprint density at radius 1 is 1.19 bits per heavy atom. The quantitative estimate of drug-likeness (QED) is 0.587. The molecule has 0 spiro atoms. The molecule has 3 aromatic rings. The number of carbonyl (C=O) groups excluding carboxylic acids is 2. The minimum atomic E-state index is -0.622. The van der Waals surface area contributed by atoms with Crippen LogP contribution in [0.5, 0.6) is 17.2 Å². The lowest BCUT2D eigenvalue weighted by Gasteiger charge is -2.32. The maximum absolute atomic E-state index is 13.3. The van der Waals surface area contributed by atoms with Crippen molar-refractivity contribution >= 4 is 33.4 Å². The number of hydrogen-bond donors (Lipinski definition) is 1. The van der Waals surface area contributed by atoms with E-state index in [4.69, 9.17) is 24.9 Å². The summed E-state index contributed by atoms with van der Waals surface area (Å²) in [7, 11) is 2.93. The van der Waals surface area contributed by atoms with Gasteiger partial charge in [-0.25, -0.2) is 4.98 Å². The Bertz CT molecular complexity index is 1090. The summed E-state index contributed by atoms with van der Waals surface area (Å²) in [6.07, 6.45) is 1.90. The van der Waals surface area contributed by atoms with Gasteiger partial charge in [0.15, 0.2) is 18.1 Å². The smallest absolute Gasteiger partial charge is 0.255 e. The van der Waals surface area contributed by atoms with E-state index in [1.54, 1.807) is 23.5 Å². The van der Waals surface area contributed by atoms with Crippen LogP contribution in [0.25, 0.3) is 10.2 Å². The second kappa shape index (κ2) is 9.44. The number of thiazole rings is 1. The lowest BCUT2D eigenvalue weighted by molar-refractivity contribution is -0.120. The monoisotopic (exact) mass is 455 g/mol. The molecule has 2 N–H and O–H groups in total. The normalized spacial score (nSPS) is 16.1. The number of amides is 2. The highest BCUT2D eigenvalue weighted by Crippen LogP contribution is 2.39. The van der Waals surface area contributed by atoms with E-state index in [9.17, 15) is 9.59 Å². The Hall–Kier alpha value is -3.33. The van der Waals surface area contributed by atoms with Gasteiger partial charge in [-0.3, -0.25) is 9.59 Å². The number of benzene rings is 2. The Balaban J connectivity index is 1.56. The number of ether oxygens (including phenoxy) is 3. The zero-order valence-electron chi connectivity index (χ0n) is 18.0. The van der Waals surface area contributed by atoms with E-state index < -0.39 is 5.91 Å². The average Bonchev–Trinajstić information content (AvgIpc) is 3.26. The molecule has 168 valence electrons. The average molecular weight is 456 g/mol. The zero-order chi connectivity index (χ0) is 22.7. The van der Waals surface area contributed by atoms with E-state index in [1.165, 1.54) is 14.2 Å². The van der Waals surface area contributed by atoms with Crippen molar-refractivity contribution in [3.63, 3.8) is 0 Å². The Kier molecular flexibility index (Phi) is 6.45. The molecule has 2 aromatic carbocycles. The van der Waals surface area contributed by atoms with E-state index in [2.05, 4.69) is 6.07 Å². The molecular formula is C23H25N3O5S. The third-order valence-corrected chi connectivity index (χ3v) is 6.63. The van der Waals surface area contributed by atoms with Gasteiger partial charge in [-0.2, -0.15) is 0 Å². The molecule has 0 unspecified atom stereocenters. The van der Waals surface area contributed by atoms with E-state index >= 15 is 0 Å². The number of methoxy groups -OCH3 is 2. The van der Waals surface area contributed by atoms with Gasteiger partial charge in [-0.1, -0.05) is 12.1 Å². The van der Waals surface area contributed by atoms with Crippen LogP contribution >= 0.6 is 11.3 Å². The summed E-state index contributed by atoms with van der Waals surface area (Å²) in [5.74, 6) is 0.295. The fraction of sp³-hybridized carbons (Fsp3) is 0.348. The number of hydrogen-bond acceptors (Lipinski definition) is 7. The number of likely N-dealkylation sites (tertiary alicyclic amines) is 1. The lowest BCUT2D eigenvalue weighted by Crippen LogP contribution is -2.39. The largest absolute Gasteiger partial charge is 0.493 e. The topological polar surface area (TPSA) is 104 Å². The van der Waals surface area contributed by atoms with Crippen molar-refractivity contribution in [3.8, 4) is 17.2 Å². The summed E-state index contributed by atoms with van der Waals surface area (Å²) in [5.41, 5.74) is 6.60. The molecule has 0 saturated carbocycles. The molecule has 1 fully saturated rings. The molecule has 1 saturated heterocycles. The van der Waals surface area contributed by atoms with Crippen molar-refractivity contribution in [3.05, 3.63) is 47.0 Å². The van der Waals surface area contributed by atoms with E-state index in [-0.39, 0.29) is 24.2 Å². The van der Waals surface area contributed by atoms with Crippen LogP contribution in [0, 0.1) is 0 Å². The zero-order valence-corrected chi connectivity index (χ0v) is 18.8. The van der Waals surface area contributed by atoms with Crippen LogP contribution in [0.1, 0.15) is 34.1 Å². The number of piperidine rings is 1. The van der Waals surface area contributed by atoms with Crippen LogP contribution < -0.4 is 19.9 Å². The van der Waals surface area contributed by atoms with Crippen LogP contribution in [-0.4, -0.2) is 55.6 Å². The molecule has 2 heterocycles. The van der Waals surface area contributed by atoms with Crippen LogP contribution in [0.2, 0.25) is 0 Å². The summed E-state index contributed by atoms with van der Waals surface area (Å²) < 4.78 is 17.4. The van der Waals surface area contributed by atoms with Gasteiger partial charge in [0.1, 0.15) is 0 Å². The van der Waals surface area contributed by atoms with Gasteiger partial charge in [0.2, 0.25) is 5.75 Å². The van der Waals surface area contributed by atoms with Crippen LogP contribution in [-0.2, 0) is 4.79 Å². The summed E-state index contributed by atoms with van der Waals surface area (Å²) in [6.45, 7) is 0.948. The number of carbonyl (C=O) groups is 2. The first-order chi connectivity index (χ1) is 15.5. The fourth-order valence-corrected chi connectivity index (χ4v) is 4.99. The van der Waals surface area contributed by atoms with Crippen molar-refractivity contribution in [2.75, 3.05) is 33.9 Å². The number of aromatic nitrogens is 1. The first kappa shape index (κ1) is 21.9. The second-order valence-corrected chi connectivity index (χ2v) is 8.64. The second-order valence-electron chi connectivity index (χ2n) is 7.58. The molecule has 4 rings (SSSR count). The predicted molar refractivity (Wildman–Crippen MR) is 122 cm³/mol. The first-order valence-electron chi connectivity index (χ1n) is 10.3. The number of rotatable bonds is 7. The van der Waals surface area contributed by atoms with Crippen molar-refractivity contribution in [2.45, 2.75) is 18.8 Å². The predicted octanol–water partition coefficient (Wildman–Crippen LogP) is 3.20. The molecule has 1 aliphatic heterocycles. The lowest BCUT2D eigenvalue weighted by atomic mass is 9.98. The maximum Gasteiger partial charge on any atom is 0.255 e. The van der Waals surface area contributed by atoms with Crippen molar-refractivity contribution in [1.29, 1.82) is 0 Å². The molecule has 8 nitrogen and oxygen atoms in total. The summed E-state index contributed by atoms with van der Waals surface area (Å²) in [4.78, 5) is 31.1. The molecule has 32 heavy (non-hydrogen) atoms. The fourth-order valence-electron chi connectivity index (χ4n) is 3.90. The van der Waals surface area contributed by atoms with Gasteiger partial charge in [-0.15, -0.1) is 11.3 Å². The highest BCUT2D eigenvalue weighted by Gasteiger charge is 2.29. The molecular weight excluding hydrogens is 430 g/mol. The highest BCUT2D eigenvalue weighted by atomic mass is 32.1. The van der Waals surface area contributed by atoms with E-state index in [0.717, 1.165) is 28.1 Å². The Labute approximate surface area is 189 Å². The van der Waals surface area contributed by atoms with E-state index in [1.807, 2.05) is 23.1 Å². The first-order valence-corrected chi connectivity index (χ1v) is 11.1. The van der Waals surface area contributed by atoms with Crippen molar-refractivity contribution in [1.82, 2.24) is 9.88 Å². The van der Waals surface area contributed by atoms with E-state index in [0.29, 0.717) is 30.2 Å². The Morgan fingerprint density at radius 2 is 1.91 bits per heavy atom. The third-order valence-electron chi connectivity index (χ3n) is 5.43. The molecule has 0 radical (unpaired) electrons. The molecule has 0 bridgehead atoms. The van der Waals surface area contributed by atoms with Crippen molar-refractivity contribution in [2.24, 2.45) is 5.73 Å². The molecule has 1 aliphatic rings. The highest BCUT2D eigenvalue weighted by molar-refractivity contribution is 7.18. The SMILES string of the molecule is COc1cc(C(=O)N2CCC[C@H](c3nc4ccccc4s3)C2)cc(OC)c1OCC(N)=O. The number of nitrogens with two attached hydrogens (primary N) is 1. The standard InChI is InChI=1S/C23H25N3O5S/c1-29-17-10-15(11-18(30-2)21(17)31-13-20(24)27)23(28)26-9-5-6-14(12-26)22-25-16-7-3-4-8-19(16)32-22/h3-4,7-8,10-11,14H,5-6,9,12-13H2,1-2H3,(H2,24,27)/t14-/m0/s1. The van der Waals surface area contributed by atoms with Crippen LogP contribution in [0.15, 0.2) is 36.4 Å². The van der Waals surface area contributed by atoms with Crippen molar-refractivity contribution < 1.29 is 23.8 Å². The minimum absolute atomic E-state index is 0.117. The number of nitrogens with zero attached hydrogens (tertiary/aromatic N) is 2. The van der Waals surface area contributed by atoms with Gasteiger partial charge in [0.25, 0.3) is 11.8 Å². The summed E-state index contributed by atoms with van der Waals surface area (Å²) in [6, 6.07) is 11.3. The number of para-hydroxylation sites is 1. The molecule has 1 atom stereocenters. The van der Waals surface area contributed by atoms with Gasteiger partial charge < -0.3 is 24.8 Å². The molecule has 1 aromatic heterocycles. The maximum atomic E-state index is 13.3. The van der Waals surface area contributed by atoms with Gasteiger partial charge >= 0.3 is 0 Å². The summed E-state index contributed by atoms with van der Waals surface area (Å²) >= 11 is 1.69. The molecule has 9 heteroatoms. The van der Waals surface area contributed by atoms with Gasteiger partial charge in [0.05, 0.1) is 29.4 Å². The number of fused-ring (bicyclic) bond motifs is 1. The van der Waals surface area contributed by atoms with Crippen LogP contribution in [0.4, 0.5) is 0 Å². The van der Waals surface area contributed by atoms with Gasteiger partial charge in [0, 0.05) is 24.6 Å². The molecule has 2 amide bonds.